The van der Waals surface area contributed by atoms with Gasteiger partial charge in [-0.1, -0.05) is 25.5 Å². The van der Waals surface area contributed by atoms with Gasteiger partial charge in [-0.25, -0.2) is 0 Å². The number of hydrogen-bond acceptors (Lipinski definition) is 7. The zero-order chi connectivity index (χ0) is 23.7. The molecule has 2 aliphatic rings. The summed E-state index contributed by atoms with van der Waals surface area (Å²) in [5.41, 5.74) is 13.1. The summed E-state index contributed by atoms with van der Waals surface area (Å²) in [6.45, 7) is 8.50. The second kappa shape index (κ2) is 9.58. The zero-order valence-electron chi connectivity index (χ0n) is 20.3. The van der Waals surface area contributed by atoms with Gasteiger partial charge in [0, 0.05) is 41.9 Å². The zero-order valence-corrected chi connectivity index (χ0v) is 20.3. The maximum atomic E-state index is 6.24. The number of benzene rings is 1. The molecule has 1 unspecified atom stereocenters. The van der Waals surface area contributed by atoms with Crippen molar-refractivity contribution < 1.29 is 9.47 Å². The number of rotatable bonds is 7. The average molecular weight is 460 g/mol. The number of nitrogens with zero attached hydrogens (tertiary/aromatic N) is 4. The van der Waals surface area contributed by atoms with E-state index < -0.39 is 0 Å². The molecule has 5 rings (SSSR count). The van der Waals surface area contributed by atoms with E-state index in [1.807, 2.05) is 26.1 Å². The van der Waals surface area contributed by atoms with Crippen molar-refractivity contribution in [2.75, 3.05) is 18.0 Å². The Morgan fingerprint density at radius 1 is 1.18 bits per heavy atom. The summed E-state index contributed by atoms with van der Waals surface area (Å²) in [5, 5.41) is 8.35. The molecule has 7 heteroatoms. The first-order chi connectivity index (χ1) is 16.5. The number of pyridine rings is 1. The van der Waals surface area contributed by atoms with Crippen LogP contribution < -0.4 is 20.1 Å². The molecule has 2 aromatic heterocycles. The number of hydrogen-bond donors (Lipinski definition) is 1. The molecule has 0 spiro atoms. The lowest BCUT2D eigenvalue weighted by atomic mass is 9.87. The predicted octanol–water partition coefficient (Wildman–Crippen LogP) is 4.77. The lowest BCUT2D eigenvalue weighted by Gasteiger charge is -2.26. The van der Waals surface area contributed by atoms with E-state index in [4.69, 9.17) is 20.2 Å². The van der Waals surface area contributed by atoms with Gasteiger partial charge < -0.3 is 20.1 Å². The second-order valence-electron chi connectivity index (χ2n) is 9.48. The first kappa shape index (κ1) is 22.6. The first-order valence-electron chi connectivity index (χ1n) is 12.3. The molecule has 0 bridgehead atoms. The van der Waals surface area contributed by atoms with Crippen molar-refractivity contribution in [1.82, 2.24) is 15.2 Å². The molecule has 1 saturated heterocycles. The molecule has 3 aromatic rings. The second-order valence-corrected chi connectivity index (χ2v) is 9.48. The number of ether oxygens (including phenoxy) is 2. The van der Waals surface area contributed by atoms with Gasteiger partial charge in [0.2, 0.25) is 11.8 Å². The van der Waals surface area contributed by atoms with Crippen LogP contribution >= 0.6 is 0 Å². The minimum Gasteiger partial charge on any atom is -0.474 e. The maximum absolute atomic E-state index is 6.24. The van der Waals surface area contributed by atoms with Crippen LogP contribution in [0.15, 0.2) is 36.5 Å². The first-order valence-corrected chi connectivity index (χ1v) is 12.3. The normalized spacial score (nSPS) is 16.9. The average Bonchev–Trinajstić information content (AvgIpc) is 3.27. The molecule has 0 radical (unpaired) electrons. The molecule has 2 aliphatic heterocycles. The summed E-state index contributed by atoms with van der Waals surface area (Å²) >= 11 is 0. The highest BCUT2D eigenvalue weighted by molar-refractivity contribution is 5.81. The molecule has 0 amide bonds. The van der Waals surface area contributed by atoms with Crippen LogP contribution in [0.2, 0.25) is 0 Å². The molecule has 4 heterocycles. The van der Waals surface area contributed by atoms with E-state index in [9.17, 15) is 0 Å². The summed E-state index contributed by atoms with van der Waals surface area (Å²) in [6.07, 6.45) is 6.08. The number of unbranched alkanes of at least 4 members (excludes halogenated alkanes) is 1. The van der Waals surface area contributed by atoms with Crippen molar-refractivity contribution >= 4 is 5.82 Å². The van der Waals surface area contributed by atoms with Gasteiger partial charge in [-0.15, -0.1) is 5.10 Å². The smallest absolute Gasteiger partial charge is 0.234 e. The van der Waals surface area contributed by atoms with Crippen LogP contribution in [0.3, 0.4) is 0 Å². The van der Waals surface area contributed by atoms with Gasteiger partial charge in [-0.3, -0.25) is 0 Å². The minimum absolute atomic E-state index is 0.0474. The summed E-state index contributed by atoms with van der Waals surface area (Å²) in [7, 11) is 0. The molecule has 1 atom stereocenters. The van der Waals surface area contributed by atoms with E-state index in [0.29, 0.717) is 18.4 Å². The largest absolute Gasteiger partial charge is 0.474 e. The monoisotopic (exact) mass is 459 g/mol. The molecule has 7 nitrogen and oxygen atoms in total. The number of aromatic nitrogens is 3. The third-order valence-electron chi connectivity index (χ3n) is 6.55. The number of nitrogens with two attached hydrogens (primary N) is 1. The van der Waals surface area contributed by atoms with Gasteiger partial charge >= 0.3 is 0 Å². The van der Waals surface area contributed by atoms with E-state index in [2.05, 4.69) is 46.3 Å². The Balaban J connectivity index is 1.54. The van der Waals surface area contributed by atoms with E-state index in [0.717, 1.165) is 55.7 Å². The van der Waals surface area contributed by atoms with Crippen LogP contribution in [0.1, 0.15) is 51.2 Å². The Hall–Kier alpha value is -3.19. The Bertz CT molecular complexity index is 1180. The van der Waals surface area contributed by atoms with E-state index in [1.165, 1.54) is 22.3 Å². The van der Waals surface area contributed by atoms with Gasteiger partial charge in [-0.2, -0.15) is 10.1 Å². The van der Waals surface area contributed by atoms with Gasteiger partial charge in [-0.05, 0) is 61.9 Å². The Morgan fingerprint density at radius 3 is 2.76 bits per heavy atom. The minimum atomic E-state index is 0.0474. The van der Waals surface area contributed by atoms with Crippen LogP contribution in [0.4, 0.5) is 5.82 Å². The molecule has 1 aromatic carbocycles. The van der Waals surface area contributed by atoms with Gasteiger partial charge in [0.25, 0.3) is 0 Å². The third-order valence-corrected chi connectivity index (χ3v) is 6.55. The lowest BCUT2D eigenvalue weighted by Crippen LogP contribution is -2.27. The SMILES string of the molecule is CCCCc1c(-c2cnnc(OC(C)C)c2)ccc2c1COc1nc(N3CCC(N)C3)ccc1-2. The highest BCUT2D eigenvalue weighted by Crippen LogP contribution is 2.42. The van der Waals surface area contributed by atoms with Crippen LogP contribution in [-0.2, 0) is 13.0 Å². The molecule has 1 fully saturated rings. The predicted molar refractivity (Wildman–Crippen MR) is 134 cm³/mol. The topological polar surface area (TPSA) is 86.4 Å². The molecule has 2 N–H and O–H groups in total. The van der Waals surface area contributed by atoms with Crippen LogP contribution in [0.25, 0.3) is 22.3 Å². The molecular weight excluding hydrogens is 426 g/mol. The van der Waals surface area contributed by atoms with Gasteiger partial charge in [0.15, 0.2) is 0 Å². The third kappa shape index (κ3) is 4.44. The summed E-state index contributed by atoms with van der Waals surface area (Å²) < 4.78 is 12.0. The van der Waals surface area contributed by atoms with E-state index >= 15 is 0 Å². The Morgan fingerprint density at radius 2 is 2.00 bits per heavy atom. The van der Waals surface area contributed by atoms with E-state index in [1.54, 1.807) is 0 Å². The van der Waals surface area contributed by atoms with Crippen LogP contribution in [0, 0.1) is 0 Å². The van der Waals surface area contributed by atoms with Crippen molar-refractivity contribution in [3.05, 3.63) is 47.7 Å². The van der Waals surface area contributed by atoms with Crippen molar-refractivity contribution in [2.24, 2.45) is 5.73 Å². The van der Waals surface area contributed by atoms with Crippen molar-refractivity contribution in [1.29, 1.82) is 0 Å². The van der Waals surface area contributed by atoms with Crippen LogP contribution in [0.5, 0.6) is 11.8 Å². The van der Waals surface area contributed by atoms with Crippen molar-refractivity contribution in [3.63, 3.8) is 0 Å². The summed E-state index contributed by atoms with van der Waals surface area (Å²) in [5.74, 6) is 2.20. The van der Waals surface area contributed by atoms with E-state index in [-0.39, 0.29) is 12.1 Å². The standard InChI is InChI=1S/C27H33N5O2/c1-4-5-6-21-20(18-13-26(31-29-14-18)34-17(2)3)7-8-22-23-9-10-25(32-12-11-19(28)15-32)30-27(23)33-16-24(21)22/h7-10,13-14,17,19H,4-6,11-12,15-16,28H2,1-3H3. The molecule has 178 valence electrons. The quantitative estimate of drug-likeness (QED) is 0.545. The molecular formula is C27H33N5O2. The molecule has 0 aliphatic carbocycles. The highest BCUT2D eigenvalue weighted by atomic mass is 16.5. The fraction of sp³-hybridized carbons (Fsp3) is 0.444. The Labute approximate surface area is 201 Å². The number of fused-ring (bicyclic) bond motifs is 3. The lowest BCUT2D eigenvalue weighted by molar-refractivity contribution is 0.230. The summed E-state index contributed by atoms with van der Waals surface area (Å²) in [4.78, 5) is 7.10. The maximum Gasteiger partial charge on any atom is 0.234 e. The molecule has 0 saturated carbocycles. The molecule has 34 heavy (non-hydrogen) atoms. The number of anilines is 1. The fourth-order valence-electron chi connectivity index (χ4n) is 4.87. The van der Waals surface area contributed by atoms with Crippen molar-refractivity contribution in [2.45, 2.75) is 65.2 Å². The van der Waals surface area contributed by atoms with Gasteiger partial charge in [0.1, 0.15) is 12.4 Å². The van der Waals surface area contributed by atoms with Crippen molar-refractivity contribution in [3.8, 4) is 34.0 Å². The Kier molecular flexibility index (Phi) is 6.37. The van der Waals surface area contributed by atoms with Crippen LogP contribution in [-0.4, -0.2) is 40.4 Å². The highest BCUT2D eigenvalue weighted by Gasteiger charge is 2.26. The van der Waals surface area contributed by atoms with Gasteiger partial charge in [0.05, 0.1) is 12.3 Å². The fourth-order valence-corrected chi connectivity index (χ4v) is 4.87. The summed E-state index contributed by atoms with van der Waals surface area (Å²) in [6, 6.07) is 10.8.